The highest BCUT2D eigenvalue weighted by Gasteiger charge is 2.28. The van der Waals surface area contributed by atoms with Gasteiger partial charge in [-0.15, -0.1) is 24.0 Å². The molecule has 24 heavy (non-hydrogen) atoms. The van der Waals surface area contributed by atoms with E-state index in [9.17, 15) is 5.26 Å². The molecule has 0 saturated heterocycles. The molecule has 1 aromatic rings. The van der Waals surface area contributed by atoms with Crippen LogP contribution in [-0.4, -0.2) is 18.4 Å². The highest BCUT2D eigenvalue weighted by molar-refractivity contribution is 6.35. The molecule has 0 bridgehead atoms. The summed E-state index contributed by atoms with van der Waals surface area (Å²) < 4.78 is 5.38. The number of nitrogens with zero attached hydrogens (tertiary/aromatic N) is 1. The molecule has 0 fully saturated rings. The third-order valence-electron chi connectivity index (χ3n) is 3.66. The number of rotatable bonds is 7. The van der Waals surface area contributed by atoms with Crippen LogP contribution in [0.1, 0.15) is 50.7 Å². The molecule has 0 amide bonds. The van der Waals surface area contributed by atoms with Crippen LogP contribution in [0.25, 0.3) is 0 Å². The number of halogens is 4. The Morgan fingerprint density at radius 2 is 1.96 bits per heavy atom. The predicted octanol–water partition coefficient (Wildman–Crippen LogP) is 6.33. The van der Waals surface area contributed by atoms with Crippen molar-refractivity contribution in [3.05, 3.63) is 33.3 Å². The number of nitriles is 1. The molecule has 0 aliphatic rings. The lowest BCUT2D eigenvalue weighted by Gasteiger charge is -2.24. The van der Waals surface area contributed by atoms with Crippen LogP contribution in [0.5, 0.6) is 0 Å². The van der Waals surface area contributed by atoms with Crippen molar-refractivity contribution in [1.82, 2.24) is 0 Å². The minimum absolute atomic E-state index is 0. The van der Waals surface area contributed by atoms with E-state index in [4.69, 9.17) is 44.9 Å². The van der Waals surface area contributed by atoms with Crippen LogP contribution < -0.4 is 0 Å². The third-order valence-corrected chi connectivity index (χ3v) is 4.56. The third kappa shape index (κ3) is 5.70. The normalized spacial score (nSPS) is 12.0. The number of benzene rings is 1. The van der Waals surface area contributed by atoms with Gasteiger partial charge in [-0.25, -0.2) is 0 Å². The molecule has 0 aromatic heterocycles. The summed E-state index contributed by atoms with van der Waals surface area (Å²) in [4.78, 5) is 0. The summed E-state index contributed by atoms with van der Waals surface area (Å²) in [6.45, 7) is 5.85. The predicted molar refractivity (Wildman–Crippen MR) is 104 cm³/mol. The highest BCUT2D eigenvalue weighted by Crippen LogP contribution is 2.38. The summed E-state index contributed by atoms with van der Waals surface area (Å²) in [5.41, 5.74) is 0.695. The first-order valence-electron chi connectivity index (χ1n) is 7.46. The number of alkyl halides is 1. The van der Waals surface area contributed by atoms with Crippen molar-refractivity contribution in [2.24, 2.45) is 0 Å². The van der Waals surface area contributed by atoms with Gasteiger partial charge in [-0.2, -0.15) is 5.26 Å². The highest BCUT2D eigenvalue weighted by atomic mass is 35.5. The Morgan fingerprint density at radius 1 is 1.33 bits per heavy atom. The molecule has 0 spiro atoms. The molecule has 1 unspecified atom stereocenters. The van der Waals surface area contributed by atoms with E-state index in [2.05, 4.69) is 6.07 Å². The van der Waals surface area contributed by atoms with E-state index in [0.29, 0.717) is 34.5 Å². The molecule has 1 atom stereocenters. The maximum absolute atomic E-state index is 9.38. The number of ether oxygens (including phenoxy) is 1. The van der Waals surface area contributed by atoms with Gasteiger partial charge in [0, 0.05) is 15.9 Å². The lowest BCUT2D eigenvalue weighted by atomic mass is 9.83. The Hall–Kier alpha value is -0.660. The zero-order valence-corrected chi connectivity index (χ0v) is 17.0. The van der Waals surface area contributed by atoms with Gasteiger partial charge in [-0.1, -0.05) is 29.3 Å². The van der Waals surface area contributed by atoms with Crippen molar-refractivity contribution in [3.63, 3.8) is 0 Å². The maximum Gasteiger partial charge on any atom is 0.188 e. The Kier molecular flexibility index (Phi) is 10.1. The monoisotopic (exact) mass is 410 g/mol. The summed E-state index contributed by atoms with van der Waals surface area (Å²) in [7, 11) is 0. The van der Waals surface area contributed by atoms with Crippen LogP contribution in [0, 0.1) is 16.7 Å². The second-order valence-corrected chi connectivity index (χ2v) is 6.96. The van der Waals surface area contributed by atoms with Gasteiger partial charge >= 0.3 is 0 Å². The number of nitrogens with one attached hydrogen (secondary N) is 1. The van der Waals surface area contributed by atoms with Crippen LogP contribution in [-0.2, 0) is 10.2 Å². The minimum Gasteiger partial charge on any atom is -0.481 e. The fourth-order valence-corrected chi connectivity index (χ4v) is 3.24. The van der Waals surface area contributed by atoms with Crippen LogP contribution in [0.2, 0.25) is 10.0 Å². The van der Waals surface area contributed by atoms with Crippen LogP contribution in [0.3, 0.4) is 0 Å². The number of hydrogen-bond acceptors (Lipinski definition) is 3. The largest absolute Gasteiger partial charge is 0.481 e. The van der Waals surface area contributed by atoms with Crippen LogP contribution >= 0.6 is 47.2 Å². The van der Waals surface area contributed by atoms with E-state index < -0.39 is 5.41 Å². The molecule has 0 aliphatic carbocycles. The van der Waals surface area contributed by atoms with E-state index >= 15 is 0 Å². The van der Waals surface area contributed by atoms with E-state index in [-0.39, 0.29) is 24.2 Å². The lowest BCUT2D eigenvalue weighted by Crippen LogP contribution is -2.19. The molecule has 7 heteroatoms. The molecule has 0 heterocycles. The van der Waals surface area contributed by atoms with Crippen molar-refractivity contribution in [2.45, 2.75) is 44.9 Å². The summed E-state index contributed by atoms with van der Waals surface area (Å²) in [6.07, 6.45) is 1.38. The average molecular weight is 412 g/mol. The van der Waals surface area contributed by atoms with Gasteiger partial charge in [0.25, 0.3) is 0 Å². The van der Waals surface area contributed by atoms with E-state index in [0.717, 1.165) is 12.0 Å². The smallest absolute Gasteiger partial charge is 0.188 e. The van der Waals surface area contributed by atoms with E-state index in [1.807, 2.05) is 13.0 Å². The Balaban J connectivity index is 0.00000529. The van der Waals surface area contributed by atoms with Crippen molar-refractivity contribution >= 4 is 53.1 Å². The lowest BCUT2D eigenvalue weighted by molar-refractivity contribution is 0.305. The average Bonchev–Trinajstić information content (AvgIpc) is 2.49. The molecule has 1 rings (SSSR count). The van der Waals surface area contributed by atoms with Crippen molar-refractivity contribution in [3.8, 4) is 6.07 Å². The Morgan fingerprint density at radius 3 is 2.46 bits per heavy atom. The first-order valence-corrected chi connectivity index (χ1v) is 8.75. The molecular weight excluding hydrogens is 390 g/mol. The van der Waals surface area contributed by atoms with Crippen LogP contribution in [0.4, 0.5) is 0 Å². The Labute approximate surface area is 165 Å². The zero-order chi connectivity index (χ0) is 17.6. The van der Waals surface area contributed by atoms with Gasteiger partial charge in [-0.05, 0) is 50.8 Å². The Bertz CT molecular complexity index is 611. The summed E-state index contributed by atoms with van der Waals surface area (Å²) >= 11 is 18.4. The molecule has 0 radical (unpaired) electrons. The SMILES string of the molecule is CCOC(=N)C(CCCCl)c1cc(C(C)(C)C#N)c(Cl)cc1Cl.Cl. The van der Waals surface area contributed by atoms with Crippen molar-refractivity contribution < 1.29 is 4.74 Å². The molecule has 134 valence electrons. The van der Waals surface area contributed by atoms with Gasteiger partial charge in [0.05, 0.1) is 24.0 Å². The molecule has 0 saturated carbocycles. The van der Waals surface area contributed by atoms with E-state index in [1.54, 1.807) is 19.9 Å². The topological polar surface area (TPSA) is 56.9 Å². The molecule has 3 nitrogen and oxygen atoms in total. The van der Waals surface area contributed by atoms with E-state index in [1.165, 1.54) is 0 Å². The maximum atomic E-state index is 9.38. The molecule has 0 aliphatic heterocycles. The molecule has 1 aromatic carbocycles. The second-order valence-electron chi connectivity index (χ2n) is 5.77. The summed E-state index contributed by atoms with van der Waals surface area (Å²) in [5, 5.41) is 18.5. The molecule has 1 N–H and O–H groups in total. The molecular formula is C17H22Cl4N2O. The van der Waals surface area contributed by atoms with Crippen molar-refractivity contribution in [1.29, 1.82) is 10.7 Å². The quantitative estimate of drug-likeness (QED) is 0.323. The fraction of sp³-hybridized carbons (Fsp3) is 0.529. The first kappa shape index (κ1) is 23.3. The first-order chi connectivity index (χ1) is 10.8. The summed E-state index contributed by atoms with van der Waals surface area (Å²) in [6, 6.07) is 5.71. The zero-order valence-electron chi connectivity index (χ0n) is 14.0. The fourth-order valence-electron chi connectivity index (χ4n) is 2.34. The summed E-state index contributed by atoms with van der Waals surface area (Å²) in [5.74, 6) is 0.353. The minimum atomic E-state index is -0.749. The second kappa shape index (κ2) is 10.4. The standard InChI is InChI=1S/C17H21Cl3N2O.ClH/c1-4-23-16(22)11(6-5-7-18)12-8-13(17(2,3)10-21)15(20)9-14(12)19;/h8-9,11,22H,4-7H2,1-3H3;1H. The van der Waals surface area contributed by atoms with Gasteiger partial charge < -0.3 is 4.74 Å². The van der Waals surface area contributed by atoms with Gasteiger partial charge in [0.15, 0.2) is 5.90 Å². The number of hydrogen-bond donors (Lipinski definition) is 1. The van der Waals surface area contributed by atoms with Gasteiger partial charge in [0.1, 0.15) is 0 Å². The van der Waals surface area contributed by atoms with Gasteiger partial charge in [0.2, 0.25) is 0 Å². The van der Waals surface area contributed by atoms with Crippen molar-refractivity contribution in [2.75, 3.05) is 12.5 Å². The van der Waals surface area contributed by atoms with Crippen LogP contribution in [0.15, 0.2) is 12.1 Å². The van der Waals surface area contributed by atoms with Gasteiger partial charge in [-0.3, -0.25) is 5.41 Å².